The lowest BCUT2D eigenvalue weighted by Gasteiger charge is -2.41. The van der Waals surface area contributed by atoms with Crippen molar-refractivity contribution in [2.75, 3.05) is 20.8 Å². The minimum atomic E-state index is 0.135. The first kappa shape index (κ1) is 13.0. The number of methoxy groups -OCH3 is 2. The third-order valence-corrected chi connectivity index (χ3v) is 4.22. The number of benzene rings is 1. The van der Waals surface area contributed by atoms with Crippen molar-refractivity contribution >= 4 is 5.78 Å². The molecule has 2 aliphatic heterocycles. The number of carbonyl (C=O) groups is 1. The van der Waals surface area contributed by atoms with Crippen LogP contribution in [0.1, 0.15) is 30.5 Å². The predicted octanol–water partition coefficient (Wildman–Crippen LogP) is 2.48. The molecule has 4 nitrogen and oxygen atoms in total. The Morgan fingerprint density at radius 2 is 1.90 bits per heavy atom. The Morgan fingerprint density at radius 1 is 1.20 bits per heavy atom. The average molecular weight is 273 g/mol. The molecule has 20 heavy (non-hydrogen) atoms. The lowest BCUT2D eigenvalue weighted by Crippen LogP contribution is -2.38. The summed E-state index contributed by atoms with van der Waals surface area (Å²) in [5.74, 6) is 1.69. The van der Waals surface area contributed by atoms with Crippen LogP contribution in [0.5, 0.6) is 11.5 Å². The van der Waals surface area contributed by atoms with Crippen molar-refractivity contribution in [1.82, 2.24) is 4.90 Å². The monoisotopic (exact) mass is 273 g/mol. The minimum absolute atomic E-state index is 0.135. The molecular weight excluding hydrogens is 254 g/mol. The maximum absolute atomic E-state index is 11.9. The highest BCUT2D eigenvalue weighted by atomic mass is 16.5. The van der Waals surface area contributed by atoms with Gasteiger partial charge in [0.1, 0.15) is 0 Å². The van der Waals surface area contributed by atoms with Gasteiger partial charge in [-0.3, -0.25) is 4.79 Å². The van der Waals surface area contributed by atoms with Crippen LogP contribution < -0.4 is 9.47 Å². The van der Waals surface area contributed by atoms with Crippen molar-refractivity contribution in [3.63, 3.8) is 0 Å². The molecule has 0 N–H and O–H groups in total. The zero-order chi connectivity index (χ0) is 14.3. The number of rotatable bonds is 2. The van der Waals surface area contributed by atoms with Crippen LogP contribution >= 0.6 is 0 Å². The van der Waals surface area contributed by atoms with Crippen LogP contribution in [-0.2, 0) is 11.2 Å². The average Bonchev–Trinajstić information content (AvgIpc) is 2.45. The topological polar surface area (TPSA) is 38.8 Å². The first-order chi connectivity index (χ1) is 9.63. The molecule has 0 saturated heterocycles. The summed E-state index contributed by atoms with van der Waals surface area (Å²) in [6.45, 7) is 2.96. The van der Waals surface area contributed by atoms with Crippen LogP contribution in [0, 0.1) is 0 Å². The summed E-state index contributed by atoms with van der Waals surface area (Å²) in [5.41, 5.74) is 3.51. The molecule has 4 heteroatoms. The van der Waals surface area contributed by atoms with Crippen LogP contribution in [-0.4, -0.2) is 31.4 Å². The van der Waals surface area contributed by atoms with Crippen molar-refractivity contribution in [3.8, 4) is 11.5 Å². The largest absolute Gasteiger partial charge is 0.493 e. The van der Waals surface area contributed by atoms with Crippen LogP contribution in [0.25, 0.3) is 0 Å². The van der Waals surface area contributed by atoms with E-state index in [0.29, 0.717) is 6.42 Å². The van der Waals surface area contributed by atoms with Crippen molar-refractivity contribution < 1.29 is 14.3 Å². The van der Waals surface area contributed by atoms with E-state index in [1.165, 1.54) is 11.1 Å². The van der Waals surface area contributed by atoms with Gasteiger partial charge in [-0.1, -0.05) is 0 Å². The van der Waals surface area contributed by atoms with Crippen LogP contribution in [0.3, 0.4) is 0 Å². The van der Waals surface area contributed by atoms with Gasteiger partial charge in [0.15, 0.2) is 17.3 Å². The first-order valence-corrected chi connectivity index (χ1v) is 6.86. The molecular formula is C16H19NO3. The minimum Gasteiger partial charge on any atom is -0.493 e. The normalized spacial score (nSPS) is 20.9. The molecule has 1 unspecified atom stereocenters. The second-order valence-corrected chi connectivity index (χ2v) is 5.32. The van der Waals surface area contributed by atoms with Gasteiger partial charge in [-0.25, -0.2) is 0 Å². The summed E-state index contributed by atoms with van der Waals surface area (Å²) in [4.78, 5) is 14.2. The van der Waals surface area contributed by atoms with E-state index >= 15 is 0 Å². The Hall–Kier alpha value is -1.97. The summed E-state index contributed by atoms with van der Waals surface area (Å²) in [5, 5.41) is 0. The van der Waals surface area contributed by atoms with Gasteiger partial charge in [0.2, 0.25) is 0 Å². The molecule has 0 aromatic heterocycles. The molecule has 3 rings (SSSR count). The van der Waals surface area contributed by atoms with Crippen molar-refractivity contribution in [1.29, 1.82) is 0 Å². The number of carbonyl (C=O) groups excluding carboxylic acids is 1. The molecule has 1 aromatic carbocycles. The third-order valence-electron chi connectivity index (χ3n) is 4.22. The Morgan fingerprint density at radius 3 is 2.60 bits per heavy atom. The van der Waals surface area contributed by atoms with Gasteiger partial charge < -0.3 is 14.4 Å². The molecule has 0 bridgehead atoms. The highest BCUT2D eigenvalue weighted by Gasteiger charge is 2.33. The Balaban J connectivity index is 2.08. The zero-order valence-corrected chi connectivity index (χ0v) is 12.1. The maximum Gasteiger partial charge on any atom is 0.161 e. The van der Waals surface area contributed by atoms with Gasteiger partial charge in [-0.2, -0.15) is 0 Å². The number of nitrogens with zero attached hydrogens (tertiary/aromatic N) is 1. The number of ether oxygens (including phenoxy) is 2. The summed E-state index contributed by atoms with van der Waals surface area (Å²) in [7, 11) is 3.29. The maximum atomic E-state index is 11.9. The molecule has 0 saturated carbocycles. The van der Waals surface area contributed by atoms with Gasteiger partial charge in [0.25, 0.3) is 0 Å². The fourth-order valence-electron chi connectivity index (χ4n) is 3.24. The van der Waals surface area contributed by atoms with Gasteiger partial charge in [0.05, 0.1) is 20.3 Å². The van der Waals surface area contributed by atoms with E-state index in [2.05, 4.69) is 4.90 Å². The molecule has 0 fully saturated rings. The number of fused-ring (bicyclic) bond motifs is 3. The fourth-order valence-corrected chi connectivity index (χ4v) is 3.24. The Bertz CT molecular complexity index is 592. The van der Waals surface area contributed by atoms with E-state index in [9.17, 15) is 4.79 Å². The summed E-state index contributed by atoms with van der Waals surface area (Å²) >= 11 is 0. The number of hydrogen-bond donors (Lipinski definition) is 0. The molecule has 0 aliphatic carbocycles. The summed E-state index contributed by atoms with van der Waals surface area (Å²) in [6.07, 6.45) is 3.26. The molecule has 1 atom stereocenters. The second-order valence-electron chi connectivity index (χ2n) is 5.32. The van der Waals surface area contributed by atoms with Crippen LogP contribution in [0.15, 0.2) is 23.9 Å². The quantitative estimate of drug-likeness (QED) is 0.830. The van der Waals surface area contributed by atoms with Crippen LogP contribution in [0.4, 0.5) is 0 Å². The molecule has 0 radical (unpaired) electrons. The van der Waals surface area contributed by atoms with E-state index < -0.39 is 0 Å². The van der Waals surface area contributed by atoms with Crippen molar-refractivity contribution in [2.24, 2.45) is 0 Å². The summed E-state index contributed by atoms with van der Waals surface area (Å²) < 4.78 is 10.8. The lowest BCUT2D eigenvalue weighted by molar-refractivity contribution is -0.116. The van der Waals surface area contributed by atoms with Crippen molar-refractivity contribution in [2.45, 2.75) is 25.8 Å². The van der Waals surface area contributed by atoms with Gasteiger partial charge in [-0.15, -0.1) is 0 Å². The van der Waals surface area contributed by atoms with Crippen molar-refractivity contribution in [3.05, 3.63) is 35.0 Å². The highest BCUT2D eigenvalue weighted by molar-refractivity contribution is 5.91. The number of hydrogen-bond acceptors (Lipinski definition) is 4. The molecule has 2 aliphatic rings. The smallest absolute Gasteiger partial charge is 0.161 e. The number of allylic oxidation sites excluding steroid dienone is 2. The highest BCUT2D eigenvalue weighted by Crippen LogP contribution is 2.42. The zero-order valence-electron chi connectivity index (χ0n) is 12.1. The lowest BCUT2D eigenvalue weighted by atomic mass is 9.86. The van der Waals surface area contributed by atoms with E-state index in [1.807, 2.05) is 19.1 Å². The molecule has 0 amide bonds. The molecule has 106 valence electrons. The SMILES string of the molecule is COc1cc2c(cc1OC)C1CC(=O)C=C(C)N1CC2. The third kappa shape index (κ3) is 1.96. The Kier molecular flexibility index (Phi) is 3.16. The fraction of sp³-hybridized carbons (Fsp3) is 0.438. The Labute approximate surface area is 119 Å². The molecule has 0 spiro atoms. The number of ketones is 1. The molecule has 1 aromatic rings. The summed E-state index contributed by atoms with van der Waals surface area (Å²) in [6, 6.07) is 4.21. The van der Waals surface area contributed by atoms with Gasteiger partial charge in [-0.05, 0) is 36.6 Å². The van der Waals surface area contributed by atoms with Crippen LogP contribution in [0.2, 0.25) is 0 Å². The van der Waals surface area contributed by atoms with Gasteiger partial charge >= 0.3 is 0 Å². The predicted molar refractivity (Wildman–Crippen MR) is 76.1 cm³/mol. The van der Waals surface area contributed by atoms with E-state index in [0.717, 1.165) is 30.2 Å². The molecule has 2 heterocycles. The van der Waals surface area contributed by atoms with E-state index in [4.69, 9.17) is 9.47 Å². The van der Waals surface area contributed by atoms with E-state index in [-0.39, 0.29) is 11.8 Å². The first-order valence-electron chi connectivity index (χ1n) is 6.86. The van der Waals surface area contributed by atoms with Gasteiger partial charge in [0, 0.05) is 24.7 Å². The standard InChI is InChI=1S/C16H19NO3/c1-10-6-12(18)8-14-13-9-16(20-3)15(19-2)7-11(13)4-5-17(10)14/h6-7,9,14H,4-5,8H2,1-3H3. The van der Waals surface area contributed by atoms with E-state index in [1.54, 1.807) is 20.3 Å². The second kappa shape index (κ2) is 4.85.